The predicted molar refractivity (Wildman–Crippen MR) is 84.0 cm³/mol. The van der Waals surface area contributed by atoms with Gasteiger partial charge in [-0.05, 0) is 18.6 Å². The van der Waals surface area contributed by atoms with Gasteiger partial charge in [0.05, 0.1) is 27.9 Å². The van der Waals surface area contributed by atoms with Crippen molar-refractivity contribution in [1.29, 1.82) is 0 Å². The molecule has 0 aliphatic heterocycles. The minimum Gasteiger partial charge on any atom is -0.481 e. The highest BCUT2D eigenvalue weighted by atomic mass is 35.5. The maximum absolute atomic E-state index is 11.8. The molecule has 0 heterocycles. The van der Waals surface area contributed by atoms with Crippen molar-refractivity contribution < 1.29 is 14.7 Å². The van der Waals surface area contributed by atoms with E-state index in [-0.39, 0.29) is 23.3 Å². The molecule has 1 rings (SSSR count). The van der Waals surface area contributed by atoms with Gasteiger partial charge < -0.3 is 10.4 Å². The number of hydrogen-bond acceptors (Lipinski definition) is 3. The van der Waals surface area contributed by atoms with E-state index in [0.717, 1.165) is 5.56 Å². The van der Waals surface area contributed by atoms with Crippen LogP contribution in [0.2, 0.25) is 10.0 Å². The number of carbonyl (C=O) groups excluding carboxylic acids is 1. The van der Waals surface area contributed by atoms with Crippen molar-refractivity contribution in [1.82, 2.24) is 0 Å². The predicted octanol–water partition coefficient (Wildman–Crippen LogP) is 3.84. The summed E-state index contributed by atoms with van der Waals surface area (Å²) >= 11 is 13.4. The number of benzene rings is 1. The number of thioether (sulfide) groups is 1. The first-order chi connectivity index (χ1) is 9.31. The topological polar surface area (TPSA) is 66.4 Å². The van der Waals surface area contributed by atoms with Gasteiger partial charge in [-0.1, -0.05) is 36.2 Å². The van der Waals surface area contributed by atoms with Crippen LogP contribution in [0.4, 0.5) is 5.69 Å². The molecule has 0 spiro atoms. The van der Waals surface area contributed by atoms with Crippen LogP contribution >= 0.6 is 35.0 Å². The molecule has 0 fully saturated rings. The molecule has 1 amide bonds. The highest BCUT2D eigenvalue weighted by Gasteiger charge is 2.14. The van der Waals surface area contributed by atoms with Crippen molar-refractivity contribution in [2.24, 2.45) is 0 Å². The Balaban J connectivity index is 2.59. The first-order valence-corrected chi connectivity index (χ1v) is 7.69. The fourth-order valence-electron chi connectivity index (χ4n) is 1.47. The Morgan fingerprint density at radius 2 is 2.05 bits per heavy atom. The number of carboxylic acids is 1. The van der Waals surface area contributed by atoms with Crippen LogP contribution in [0.25, 0.3) is 0 Å². The number of halogens is 2. The molecule has 20 heavy (non-hydrogen) atoms. The van der Waals surface area contributed by atoms with E-state index < -0.39 is 5.97 Å². The van der Waals surface area contributed by atoms with Gasteiger partial charge in [-0.3, -0.25) is 9.59 Å². The van der Waals surface area contributed by atoms with Crippen LogP contribution in [0.3, 0.4) is 0 Å². The lowest BCUT2D eigenvalue weighted by Gasteiger charge is -2.12. The van der Waals surface area contributed by atoms with E-state index in [4.69, 9.17) is 28.3 Å². The Kier molecular flexibility index (Phi) is 6.65. The average Bonchev–Trinajstić information content (AvgIpc) is 2.36. The van der Waals surface area contributed by atoms with E-state index in [0.29, 0.717) is 15.7 Å². The molecular formula is C13H15Cl2NO3S. The van der Waals surface area contributed by atoms with Gasteiger partial charge in [0, 0.05) is 5.25 Å². The quantitative estimate of drug-likeness (QED) is 0.828. The summed E-state index contributed by atoms with van der Waals surface area (Å²) < 4.78 is 0. The zero-order valence-corrected chi connectivity index (χ0v) is 13.4. The smallest absolute Gasteiger partial charge is 0.304 e. The second-order valence-corrected chi connectivity index (χ2v) is 6.53. The van der Waals surface area contributed by atoms with E-state index in [1.165, 1.54) is 11.8 Å². The Morgan fingerprint density at radius 1 is 1.40 bits per heavy atom. The SMILES string of the molecule is Cc1ccc(Cl)c(NC(=O)CSC(C)CC(=O)O)c1Cl. The number of hydrogen-bond donors (Lipinski definition) is 2. The summed E-state index contributed by atoms with van der Waals surface area (Å²) in [6.45, 7) is 3.58. The molecule has 0 aliphatic rings. The van der Waals surface area contributed by atoms with Gasteiger partial charge in [-0.2, -0.15) is 0 Å². The van der Waals surface area contributed by atoms with Crippen LogP contribution in [0.15, 0.2) is 12.1 Å². The highest BCUT2D eigenvalue weighted by molar-refractivity contribution is 8.00. The second kappa shape index (κ2) is 7.76. The molecule has 0 aromatic heterocycles. The molecule has 0 saturated heterocycles. The summed E-state index contributed by atoms with van der Waals surface area (Å²) in [6.07, 6.45) is 0.0178. The number of carbonyl (C=O) groups is 2. The van der Waals surface area contributed by atoms with Crippen LogP contribution in [0.1, 0.15) is 18.9 Å². The Labute approximate surface area is 131 Å². The lowest BCUT2D eigenvalue weighted by Crippen LogP contribution is -2.17. The Bertz CT molecular complexity index is 523. The number of amides is 1. The summed E-state index contributed by atoms with van der Waals surface area (Å²) in [5.74, 6) is -0.994. The summed E-state index contributed by atoms with van der Waals surface area (Å²) in [5, 5.41) is 11.9. The average molecular weight is 336 g/mol. The van der Waals surface area contributed by atoms with Crippen molar-refractivity contribution in [3.05, 3.63) is 27.7 Å². The van der Waals surface area contributed by atoms with Crippen molar-refractivity contribution >= 4 is 52.5 Å². The molecule has 1 aromatic carbocycles. The fourth-order valence-corrected chi connectivity index (χ4v) is 2.70. The molecule has 7 heteroatoms. The van der Waals surface area contributed by atoms with Crippen LogP contribution in [0.5, 0.6) is 0 Å². The molecule has 1 unspecified atom stereocenters. The van der Waals surface area contributed by atoms with Gasteiger partial charge >= 0.3 is 5.97 Å². The number of carboxylic acid groups (broad SMARTS) is 1. The summed E-state index contributed by atoms with van der Waals surface area (Å²) in [4.78, 5) is 22.3. The van der Waals surface area contributed by atoms with Crippen LogP contribution < -0.4 is 5.32 Å². The normalized spacial score (nSPS) is 12.0. The van der Waals surface area contributed by atoms with Gasteiger partial charge in [0.2, 0.25) is 5.91 Å². The van der Waals surface area contributed by atoms with Gasteiger partial charge in [0.15, 0.2) is 0 Å². The summed E-state index contributed by atoms with van der Waals surface area (Å²) in [7, 11) is 0. The third-order valence-corrected chi connectivity index (χ3v) is 4.48. The first-order valence-electron chi connectivity index (χ1n) is 5.89. The number of rotatable bonds is 6. The molecule has 0 bridgehead atoms. The number of aryl methyl sites for hydroxylation is 1. The van der Waals surface area contributed by atoms with E-state index in [2.05, 4.69) is 5.32 Å². The molecular weight excluding hydrogens is 321 g/mol. The minimum atomic E-state index is -0.879. The van der Waals surface area contributed by atoms with Crippen molar-refractivity contribution in [2.75, 3.05) is 11.1 Å². The van der Waals surface area contributed by atoms with Gasteiger partial charge in [-0.15, -0.1) is 11.8 Å². The Morgan fingerprint density at radius 3 is 2.65 bits per heavy atom. The fraction of sp³-hybridized carbons (Fsp3) is 0.385. The van der Waals surface area contributed by atoms with E-state index >= 15 is 0 Å². The standard InChI is InChI=1S/C13H15Cl2NO3S/c1-7-3-4-9(14)13(12(7)15)16-10(17)6-20-8(2)5-11(18)19/h3-4,8H,5-6H2,1-2H3,(H,16,17)(H,18,19). The maximum atomic E-state index is 11.8. The van der Waals surface area contributed by atoms with Crippen molar-refractivity contribution in [2.45, 2.75) is 25.5 Å². The number of nitrogens with one attached hydrogen (secondary N) is 1. The molecule has 110 valence electrons. The Hall–Kier alpha value is -0.910. The zero-order chi connectivity index (χ0) is 15.3. The van der Waals surface area contributed by atoms with Gasteiger partial charge in [0.25, 0.3) is 0 Å². The third kappa shape index (κ3) is 5.23. The first kappa shape index (κ1) is 17.1. The summed E-state index contributed by atoms with van der Waals surface area (Å²) in [6, 6.07) is 3.43. The maximum Gasteiger partial charge on any atom is 0.304 e. The molecule has 4 nitrogen and oxygen atoms in total. The van der Waals surface area contributed by atoms with E-state index in [1.54, 1.807) is 19.1 Å². The molecule has 1 aromatic rings. The lowest BCUT2D eigenvalue weighted by atomic mass is 10.2. The second-order valence-electron chi connectivity index (χ2n) is 4.32. The molecule has 0 aliphatic carbocycles. The third-order valence-electron chi connectivity index (χ3n) is 2.51. The van der Waals surface area contributed by atoms with Gasteiger partial charge in [-0.25, -0.2) is 0 Å². The zero-order valence-electron chi connectivity index (χ0n) is 11.1. The number of anilines is 1. The van der Waals surface area contributed by atoms with Crippen LogP contribution in [-0.2, 0) is 9.59 Å². The number of aliphatic carboxylic acids is 1. The molecule has 1 atom stereocenters. The largest absolute Gasteiger partial charge is 0.481 e. The van der Waals surface area contributed by atoms with E-state index in [9.17, 15) is 9.59 Å². The molecule has 2 N–H and O–H groups in total. The molecule has 0 radical (unpaired) electrons. The highest BCUT2D eigenvalue weighted by Crippen LogP contribution is 2.33. The molecule has 0 saturated carbocycles. The monoisotopic (exact) mass is 335 g/mol. The van der Waals surface area contributed by atoms with Crippen molar-refractivity contribution in [3.63, 3.8) is 0 Å². The lowest BCUT2D eigenvalue weighted by molar-refractivity contribution is -0.136. The van der Waals surface area contributed by atoms with Crippen molar-refractivity contribution in [3.8, 4) is 0 Å². The van der Waals surface area contributed by atoms with Crippen LogP contribution in [-0.4, -0.2) is 28.0 Å². The van der Waals surface area contributed by atoms with Crippen LogP contribution in [0, 0.1) is 6.92 Å². The van der Waals surface area contributed by atoms with E-state index in [1.807, 2.05) is 6.92 Å². The van der Waals surface area contributed by atoms with Gasteiger partial charge in [0.1, 0.15) is 0 Å². The summed E-state index contributed by atoms with van der Waals surface area (Å²) in [5.41, 5.74) is 1.21. The minimum absolute atomic E-state index is 0.0178.